The molecule has 1 saturated heterocycles. The van der Waals surface area contributed by atoms with Crippen molar-refractivity contribution in [2.75, 3.05) is 53.4 Å². The lowest BCUT2D eigenvalue weighted by Gasteiger charge is -2.36. The maximum Gasteiger partial charge on any atom is 0.418 e. The highest BCUT2D eigenvalue weighted by Crippen LogP contribution is 2.38. The minimum absolute atomic E-state index is 0.0271. The molecule has 0 spiro atoms. The first-order chi connectivity index (χ1) is 30.1. The zero-order valence-corrected chi connectivity index (χ0v) is 38.2. The highest BCUT2D eigenvalue weighted by atomic mass is 35.5. The number of hydrogen-bond acceptors (Lipinski definition) is 9. The van der Waals surface area contributed by atoms with Crippen LogP contribution in [0.3, 0.4) is 0 Å². The first kappa shape index (κ1) is 46.1. The second-order valence-corrected chi connectivity index (χ2v) is 19.6. The molecule has 0 amide bonds. The number of aromatic nitrogens is 2. The van der Waals surface area contributed by atoms with Crippen molar-refractivity contribution in [2.45, 2.75) is 74.8 Å². The van der Waals surface area contributed by atoms with Crippen molar-refractivity contribution in [1.82, 2.24) is 19.8 Å². The second-order valence-electron chi connectivity index (χ2n) is 16.3. The first-order valence-corrected chi connectivity index (χ1v) is 24.0. The number of nitrogens with one attached hydrogen (secondary N) is 2. The third kappa shape index (κ3) is 11.8. The Morgan fingerprint density at radius 1 is 0.825 bits per heavy atom. The molecule has 1 aliphatic heterocycles. The van der Waals surface area contributed by atoms with Crippen LogP contribution in [0.5, 0.6) is 0 Å². The second kappa shape index (κ2) is 20.3. The largest absolute Gasteiger partial charge is 0.418 e. The van der Waals surface area contributed by atoms with Gasteiger partial charge < -0.3 is 10.2 Å². The van der Waals surface area contributed by atoms with Gasteiger partial charge in [-0.25, -0.2) is 18.4 Å². The number of fused-ring (bicyclic) bond motifs is 1. The van der Waals surface area contributed by atoms with Crippen molar-refractivity contribution >= 4 is 61.5 Å². The van der Waals surface area contributed by atoms with Crippen LogP contribution in [-0.2, 0) is 22.7 Å². The van der Waals surface area contributed by atoms with Crippen molar-refractivity contribution in [3.63, 3.8) is 0 Å². The molecule has 1 aromatic heterocycles. The Hall–Kier alpha value is -4.86. The summed E-state index contributed by atoms with van der Waals surface area (Å²) in [5, 5.41) is 4.27. The van der Waals surface area contributed by atoms with E-state index in [-0.39, 0.29) is 29.6 Å². The van der Waals surface area contributed by atoms with Gasteiger partial charge in [-0.05, 0) is 111 Å². The maximum atomic E-state index is 14.8. The molecule has 1 atom stereocenters. The Labute approximate surface area is 378 Å². The van der Waals surface area contributed by atoms with E-state index in [9.17, 15) is 21.6 Å². The zero-order chi connectivity index (χ0) is 44.7. The summed E-state index contributed by atoms with van der Waals surface area (Å²) < 4.78 is 74.5. The van der Waals surface area contributed by atoms with E-state index in [1.807, 2.05) is 72.8 Å². The number of halogens is 4. The minimum atomic E-state index is -4.84. The van der Waals surface area contributed by atoms with E-state index in [4.69, 9.17) is 11.6 Å². The van der Waals surface area contributed by atoms with Crippen LogP contribution in [0.2, 0.25) is 5.02 Å². The van der Waals surface area contributed by atoms with Crippen molar-refractivity contribution in [3.8, 4) is 11.1 Å². The van der Waals surface area contributed by atoms with Gasteiger partial charge >= 0.3 is 6.18 Å². The lowest BCUT2D eigenvalue weighted by molar-refractivity contribution is -0.137. The molecule has 332 valence electrons. The van der Waals surface area contributed by atoms with Crippen molar-refractivity contribution in [1.29, 1.82) is 0 Å². The van der Waals surface area contributed by atoms with E-state index < -0.39 is 26.7 Å². The Morgan fingerprint density at radius 3 is 2.21 bits per heavy atom. The molecule has 0 unspecified atom stereocenters. The fourth-order valence-electron chi connectivity index (χ4n) is 8.11. The van der Waals surface area contributed by atoms with E-state index in [2.05, 4.69) is 80.6 Å². The van der Waals surface area contributed by atoms with Crippen molar-refractivity contribution in [2.24, 2.45) is 0 Å². The Kier molecular flexibility index (Phi) is 14.9. The summed E-state index contributed by atoms with van der Waals surface area (Å²) in [6, 6.07) is 34.8. The molecule has 0 bridgehead atoms. The normalized spacial score (nSPS) is 14.5. The number of thioether (sulfide) groups is 1. The number of benzene rings is 5. The summed E-state index contributed by atoms with van der Waals surface area (Å²) >= 11 is 7.99. The van der Waals surface area contributed by atoms with E-state index in [1.165, 1.54) is 18.5 Å². The average molecular weight is 917 g/mol. The topological polar surface area (TPSA) is 93.7 Å². The molecular formula is C48H53ClF3N7O2S2. The number of anilines is 3. The van der Waals surface area contributed by atoms with Crippen LogP contribution in [0.15, 0.2) is 131 Å². The van der Waals surface area contributed by atoms with Crippen LogP contribution >= 0.6 is 23.4 Å². The number of piperazine rings is 1. The molecule has 7 rings (SSSR count). The Morgan fingerprint density at radius 2 is 1.52 bits per heavy atom. The summed E-state index contributed by atoms with van der Waals surface area (Å²) in [4.78, 5) is 16.1. The van der Waals surface area contributed by atoms with Gasteiger partial charge in [-0.1, -0.05) is 66.2 Å². The number of hydrogen-bond donors (Lipinski definition) is 2. The van der Waals surface area contributed by atoms with Gasteiger partial charge in [-0.2, -0.15) is 13.2 Å². The summed E-state index contributed by atoms with van der Waals surface area (Å²) in [7, 11) is -4.51. The Balaban J connectivity index is 1.05. The van der Waals surface area contributed by atoms with Crippen LogP contribution in [0, 0.1) is 0 Å². The van der Waals surface area contributed by atoms with Gasteiger partial charge in [0.15, 0.2) is 5.82 Å². The van der Waals surface area contributed by atoms with Crippen LogP contribution in [0.25, 0.3) is 22.0 Å². The quantitative estimate of drug-likeness (QED) is 0.0868. The number of alkyl halides is 3. The zero-order valence-electron chi connectivity index (χ0n) is 35.8. The van der Waals surface area contributed by atoms with Gasteiger partial charge in [0, 0.05) is 89.8 Å². The van der Waals surface area contributed by atoms with Crippen molar-refractivity contribution in [3.05, 3.63) is 138 Å². The molecule has 9 nitrogen and oxygen atoms in total. The fourth-order valence-corrected chi connectivity index (χ4v) is 10.3. The SMILES string of the molecule is CC(C)N(CC[C@H](CSc1ccccc1)Nc1ccc(S(=O)(=O)Nc2ncnc3cc(N4CCN(Cc5cc(Cl)ccc5-c5ccccc5)CC4)ccc23)cc1C(F)(F)F)C(C)C. The molecule has 0 saturated carbocycles. The number of sulfonamides is 1. The van der Waals surface area contributed by atoms with E-state index in [1.54, 1.807) is 17.8 Å². The minimum Gasteiger partial charge on any atom is -0.381 e. The fraction of sp³-hybridized carbons (Fsp3) is 0.333. The summed E-state index contributed by atoms with van der Waals surface area (Å²) in [6.45, 7) is 13.0. The summed E-state index contributed by atoms with van der Waals surface area (Å²) in [6.07, 6.45) is -3.01. The lowest BCUT2D eigenvalue weighted by atomic mass is 9.99. The third-order valence-electron chi connectivity index (χ3n) is 11.4. The number of nitrogens with zero attached hydrogens (tertiary/aromatic N) is 5. The summed E-state index contributed by atoms with van der Waals surface area (Å²) in [5.41, 5.74) is 3.63. The van der Waals surface area contributed by atoms with E-state index in [0.717, 1.165) is 60.0 Å². The molecular weight excluding hydrogens is 863 g/mol. The predicted molar refractivity (Wildman–Crippen MR) is 252 cm³/mol. The molecule has 5 aromatic carbocycles. The van der Waals surface area contributed by atoms with E-state index in [0.29, 0.717) is 40.7 Å². The van der Waals surface area contributed by atoms with Gasteiger partial charge in [0.25, 0.3) is 10.0 Å². The highest BCUT2D eigenvalue weighted by Gasteiger charge is 2.36. The lowest BCUT2D eigenvalue weighted by Crippen LogP contribution is -2.46. The molecule has 6 aromatic rings. The smallest absolute Gasteiger partial charge is 0.381 e. The molecule has 0 radical (unpaired) electrons. The molecule has 1 aliphatic rings. The van der Waals surface area contributed by atoms with Gasteiger partial charge in [-0.15, -0.1) is 11.8 Å². The molecule has 2 heterocycles. The number of rotatable bonds is 17. The first-order valence-electron chi connectivity index (χ1n) is 21.1. The van der Waals surface area contributed by atoms with E-state index >= 15 is 0 Å². The molecule has 63 heavy (non-hydrogen) atoms. The molecule has 0 aliphatic carbocycles. The van der Waals surface area contributed by atoms with Gasteiger partial charge in [0.05, 0.1) is 16.0 Å². The molecule has 2 N–H and O–H groups in total. The summed E-state index contributed by atoms with van der Waals surface area (Å²) in [5.74, 6) is 0.478. The predicted octanol–water partition coefficient (Wildman–Crippen LogP) is 11.2. The van der Waals surface area contributed by atoms with Crippen LogP contribution < -0.4 is 14.9 Å². The molecule has 1 fully saturated rings. The van der Waals surface area contributed by atoms with Gasteiger partial charge in [-0.3, -0.25) is 14.5 Å². The van der Waals surface area contributed by atoms with Crippen LogP contribution in [-0.4, -0.2) is 84.8 Å². The third-order valence-corrected chi connectivity index (χ3v) is 14.1. The molecule has 15 heteroatoms. The monoisotopic (exact) mass is 915 g/mol. The standard InChI is InChI=1S/C48H53ClF3N7O2S2/c1-33(2)59(34(3)4)22-21-38(31-62-40-13-9-6-10-14-40)55-45-20-17-41(29-44(45)48(50,51)52)63(60,61)56-47-43-19-16-39(28-46(43)53-32-54-47)58-25-23-57(24-26-58)30-36-27-37(49)15-18-42(36)35-11-7-5-8-12-35/h5-20,27-29,32-34,38,55H,21-26,30-31H2,1-4H3,(H,53,54,56)/t38-/m1/s1. The highest BCUT2D eigenvalue weighted by molar-refractivity contribution is 7.99. The van der Waals surface area contributed by atoms with Crippen LogP contribution in [0.1, 0.15) is 45.2 Å². The van der Waals surface area contributed by atoms with Gasteiger partial charge in [0.2, 0.25) is 0 Å². The maximum absolute atomic E-state index is 14.8. The Bertz CT molecular complexity index is 2570. The van der Waals surface area contributed by atoms with Gasteiger partial charge in [0.1, 0.15) is 6.33 Å². The van der Waals surface area contributed by atoms with Crippen molar-refractivity contribution < 1.29 is 21.6 Å². The average Bonchev–Trinajstić information content (AvgIpc) is 3.26. The van der Waals surface area contributed by atoms with Crippen LogP contribution in [0.4, 0.5) is 30.4 Å².